The predicted octanol–water partition coefficient (Wildman–Crippen LogP) is 0.486. The van der Waals surface area contributed by atoms with E-state index >= 15 is 0 Å². The zero-order chi connectivity index (χ0) is 12.0. The van der Waals surface area contributed by atoms with Crippen LogP contribution >= 0.6 is 11.8 Å². The minimum Gasteiger partial charge on any atom is -0.391 e. The van der Waals surface area contributed by atoms with E-state index in [4.69, 9.17) is 5.73 Å². The van der Waals surface area contributed by atoms with Crippen LogP contribution < -0.4 is 11.1 Å². The van der Waals surface area contributed by atoms with Gasteiger partial charge in [0.15, 0.2) is 0 Å². The molecule has 0 heterocycles. The molecule has 0 aromatic rings. The summed E-state index contributed by atoms with van der Waals surface area (Å²) in [6, 6.07) is -0.539. The lowest BCUT2D eigenvalue weighted by Gasteiger charge is -2.29. The lowest BCUT2D eigenvalue weighted by molar-refractivity contribution is -0.124. The molecule has 0 radical (unpaired) electrons. The van der Waals surface area contributed by atoms with Crippen LogP contribution in [0.25, 0.3) is 0 Å². The number of amides is 1. The average molecular weight is 246 g/mol. The largest absolute Gasteiger partial charge is 0.391 e. The van der Waals surface area contributed by atoms with Gasteiger partial charge in [-0.2, -0.15) is 11.8 Å². The van der Waals surface area contributed by atoms with Gasteiger partial charge in [0.2, 0.25) is 5.91 Å². The van der Waals surface area contributed by atoms with E-state index in [1.165, 1.54) is 0 Å². The summed E-state index contributed by atoms with van der Waals surface area (Å²) in [5.41, 5.74) is 5.76. The normalized spacial score (nSPS) is 27.4. The Morgan fingerprint density at radius 1 is 1.56 bits per heavy atom. The molecule has 0 unspecified atom stereocenters. The summed E-state index contributed by atoms with van der Waals surface area (Å²) in [5.74, 6) is 0.766. The third-order valence-corrected chi connectivity index (χ3v) is 3.67. The van der Waals surface area contributed by atoms with Gasteiger partial charge in [0.25, 0.3) is 0 Å². The van der Waals surface area contributed by atoms with Crippen molar-refractivity contribution in [3.63, 3.8) is 0 Å². The molecule has 1 aliphatic rings. The minimum absolute atomic E-state index is 0.0958. The van der Waals surface area contributed by atoms with Crippen LogP contribution in [0.1, 0.15) is 32.1 Å². The summed E-state index contributed by atoms with van der Waals surface area (Å²) in [5, 5.41) is 12.6. The highest BCUT2D eigenvalue weighted by Crippen LogP contribution is 2.18. The van der Waals surface area contributed by atoms with Crippen molar-refractivity contribution in [1.29, 1.82) is 0 Å². The zero-order valence-electron chi connectivity index (χ0n) is 9.82. The molecule has 5 heteroatoms. The van der Waals surface area contributed by atoms with Crippen molar-refractivity contribution in [1.82, 2.24) is 5.32 Å². The van der Waals surface area contributed by atoms with Crippen molar-refractivity contribution >= 4 is 17.7 Å². The van der Waals surface area contributed by atoms with Crippen molar-refractivity contribution < 1.29 is 9.90 Å². The van der Waals surface area contributed by atoms with E-state index in [9.17, 15) is 9.90 Å². The first-order valence-electron chi connectivity index (χ1n) is 5.88. The van der Waals surface area contributed by atoms with Crippen LogP contribution in [0.2, 0.25) is 0 Å². The Kier molecular flexibility index (Phi) is 6.16. The average Bonchev–Trinajstić information content (AvgIpc) is 2.28. The highest BCUT2D eigenvalue weighted by atomic mass is 32.2. The molecule has 1 saturated carbocycles. The maximum Gasteiger partial charge on any atom is 0.237 e. The first kappa shape index (κ1) is 13.8. The fourth-order valence-corrected chi connectivity index (χ4v) is 2.43. The molecule has 0 aliphatic heterocycles. The van der Waals surface area contributed by atoms with Gasteiger partial charge in [-0.15, -0.1) is 0 Å². The van der Waals surface area contributed by atoms with Gasteiger partial charge in [-0.3, -0.25) is 4.79 Å². The van der Waals surface area contributed by atoms with Crippen LogP contribution in [0.5, 0.6) is 0 Å². The molecule has 1 rings (SSSR count). The maximum absolute atomic E-state index is 11.7. The third-order valence-electron chi connectivity index (χ3n) is 3.03. The number of nitrogens with two attached hydrogens (primary N) is 1. The Morgan fingerprint density at radius 3 is 2.88 bits per heavy atom. The molecule has 0 aromatic heterocycles. The smallest absolute Gasteiger partial charge is 0.237 e. The number of aliphatic hydroxyl groups is 1. The number of hydrogen-bond acceptors (Lipinski definition) is 4. The Balaban J connectivity index is 2.31. The molecule has 16 heavy (non-hydrogen) atoms. The van der Waals surface area contributed by atoms with Crippen molar-refractivity contribution in [3.8, 4) is 0 Å². The van der Waals surface area contributed by atoms with E-state index < -0.39 is 12.1 Å². The van der Waals surface area contributed by atoms with Gasteiger partial charge in [0, 0.05) is 0 Å². The van der Waals surface area contributed by atoms with Crippen molar-refractivity contribution in [2.24, 2.45) is 5.73 Å². The molecule has 94 valence electrons. The van der Waals surface area contributed by atoms with E-state index in [0.717, 1.165) is 31.4 Å². The van der Waals surface area contributed by atoms with Gasteiger partial charge in [0.1, 0.15) is 0 Å². The van der Waals surface area contributed by atoms with E-state index in [1.807, 2.05) is 6.26 Å². The fraction of sp³-hybridized carbons (Fsp3) is 0.909. The molecule has 3 atom stereocenters. The number of carbonyl (C=O) groups is 1. The van der Waals surface area contributed by atoms with Gasteiger partial charge >= 0.3 is 0 Å². The number of nitrogens with one attached hydrogen (secondary N) is 1. The number of aliphatic hydroxyl groups excluding tert-OH is 1. The summed E-state index contributed by atoms with van der Waals surface area (Å²) in [4.78, 5) is 11.7. The van der Waals surface area contributed by atoms with Crippen LogP contribution in [0, 0.1) is 0 Å². The molecular weight excluding hydrogens is 224 g/mol. The van der Waals surface area contributed by atoms with Crippen LogP contribution in [0.4, 0.5) is 0 Å². The number of hydrogen-bond donors (Lipinski definition) is 3. The molecule has 4 nitrogen and oxygen atoms in total. The number of thioether (sulfide) groups is 1. The summed E-state index contributed by atoms with van der Waals surface area (Å²) in [6.07, 6.45) is 6.05. The third kappa shape index (κ3) is 4.31. The molecule has 1 aliphatic carbocycles. The molecular formula is C11H22N2O2S. The predicted molar refractivity (Wildman–Crippen MR) is 67.4 cm³/mol. The Labute approximate surface area is 101 Å². The Morgan fingerprint density at radius 2 is 2.25 bits per heavy atom. The quantitative estimate of drug-likeness (QED) is 0.660. The van der Waals surface area contributed by atoms with Crippen LogP contribution in [-0.4, -0.2) is 41.2 Å². The number of rotatable bonds is 5. The summed E-state index contributed by atoms with van der Waals surface area (Å²) in [7, 11) is 0. The SMILES string of the molecule is CSCC[C@H](N)C(=O)N[C@H]1CCCC[C@@H]1O. The van der Waals surface area contributed by atoms with Crippen molar-refractivity contribution in [3.05, 3.63) is 0 Å². The van der Waals surface area contributed by atoms with Crippen LogP contribution in [0.15, 0.2) is 0 Å². The molecule has 0 spiro atoms. The van der Waals surface area contributed by atoms with Gasteiger partial charge in [-0.25, -0.2) is 0 Å². The molecule has 1 fully saturated rings. The molecule has 0 bridgehead atoms. The van der Waals surface area contributed by atoms with E-state index in [1.54, 1.807) is 11.8 Å². The van der Waals surface area contributed by atoms with Gasteiger partial charge in [-0.1, -0.05) is 12.8 Å². The van der Waals surface area contributed by atoms with E-state index in [2.05, 4.69) is 5.32 Å². The first-order valence-corrected chi connectivity index (χ1v) is 7.27. The second-order valence-electron chi connectivity index (χ2n) is 4.35. The van der Waals surface area contributed by atoms with E-state index in [-0.39, 0.29) is 11.9 Å². The monoisotopic (exact) mass is 246 g/mol. The highest BCUT2D eigenvalue weighted by Gasteiger charge is 2.26. The molecule has 4 N–H and O–H groups in total. The molecule has 0 aromatic carbocycles. The second kappa shape index (κ2) is 7.14. The van der Waals surface area contributed by atoms with Crippen molar-refractivity contribution in [2.45, 2.75) is 50.3 Å². The zero-order valence-corrected chi connectivity index (χ0v) is 10.6. The van der Waals surface area contributed by atoms with Crippen LogP contribution in [-0.2, 0) is 4.79 Å². The lowest BCUT2D eigenvalue weighted by atomic mass is 9.92. The van der Waals surface area contributed by atoms with Gasteiger partial charge in [0.05, 0.1) is 18.2 Å². The van der Waals surface area contributed by atoms with E-state index in [0.29, 0.717) is 6.42 Å². The molecule has 0 saturated heterocycles. The molecule has 1 amide bonds. The highest BCUT2D eigenvalue weighted by molar-refractivity contribution is 7.98. The second-order valence-corrected chi connectivity index (χ2v) is 5.34. The van der Waals surface area contributed by atoms with Gasteiger partial charge in [-0.05, 0) is 31.3 Å². The Bertz CT molecular complexity index is 226. The van der Waals surface area contributed by atoms with Crippen molar-refractivity contribution in [2.75, 3.05) is 12.0 Å². The Hall–Kier alpha value is -0.260. The summed E-state index contributed by atoms with van der Waals surface area (Å²) >= 11 is 1.68. The topological polar surface area (TPSA) is 75.4 Å². The van der Waals surface area contributed by atoms with Crippen LogP contribution in [0.3, 0.4) is 0 Å². The first-order chi connectivity index (χ1) is 7.65. The minimum atomic E-state index is -0.443. The maximum atomic E-state index is 11.7. The summed E-state index contributed by atoms with van der Waals surface area (Å²) in [6.45, 7) is 0. The summed E-state index contributed by atoms with van der Waals surface area (Å²) < 4.78 is 0. The standard InChI is InChI=1S/C11H22N2O2S/c1-16-7-6-8(12)11(15)13-9-4-2-3-5-10(9)14/h8-10,14H,2-7,12H2,1H3,(H,13,15)/t8-,9-,10-/m0/s1. The lowest BCUT2D eigenvalue weighted by Crippen LogP contribution is -2.50. The number of carbonyl (C=O) groups excluding carboxylic acids is 1. The fourth-order valence-electron chi connectivity index (χ4n) is 1.95. The van der Waals surface area contributed by atoms with Gasteiger partial charge < -0.3 is 16.2 Å².